The largest absolute Gasteiger partial charge is 0.507 e. The number of nitrogens with two attached hydrogens (primary N) is 1. The zero-order valence-electron chi connectivity index (χ0n) is 10.6. The first-order valence-corrected chi connectivity index (χ1v) is 7.04. The van der Waals surface area contributed by atoms with Gasteiger partial charge in [0.2, 0.25) is 0 Å². The summed E-state index contributed by atoms with van der Waals surface area (Å²) in [5, 5.41) is 9.69. The van der Waals surface area contributed by atoms with Crippen LogP contribution in [0.1, 0.15) is 15.9 Å². The molecule has 0 aliphatic carbocycles. The molecular formula is C15H13BrN2O2. The molecule has 4 nitrogen and oxygen atoms in total. The number of anilines is 2. The number of nitrogen functional groups attached to an aromatic ring is 1. The Morgan fingerprint density at radius 2 is 2.05 bits per heavy atom. The molecule has 1 amide bonds. The second-order valence-electron chi connectivity index (χ2n) is 4.76. The van der Waals surface area contributed by atoms with Crippen LogP contribution in [0.25, 0.3) is 0 Å². The molecule has 1 aliphatic heterocycles. The van der Waals surface area contributed by atoms with Gasteiger partial charge in [-0.2, -0.15) is 0 Å². The first kappa shape index (κ1) is 13.0. The van der Waals surface area contributed by atoms with Crippen molar-refractivity contribution in [3.8, 4) is 5.75 Å². The highest BCUT2D eigenvalue weighted by atomic mass is 79.9. The topological polar surface area (TPSA) is 66.6 Å². The third-order valence-corrected chi connectivity index (χ3v) is 4.11. The number of phenols is 1. The van der Waals surface area contributed by atoms with Crippen molar-refractivity contribution in [3.63, 3.8) is 0 Å². The van der Waals surface area contributed by atoms with Gasteiger partial charge in [0, 0.05) is 23.5 Å². The molecule has 0 saturated heterocycles. The minimum atomic E-state index is -0.115. The number of fused-ring (bicyclic) bond motifs is 1. The third-order valence-electron chi connectivity index (χ3n) is 3.44. The summed E-state index contributed by atoms with van der Waals surface area (Å²) in [5.41, 5.74) is 8.91. The highest BCUT2D eigenvalue weighted by Gasteiger charge is 2.25. The van der Waals surface area contributed by atoms with Gasteiger partial charge in [-0.1, -0.05) is 0 Å². The van der Waals surface area contributed by atoms with Crippen molar-refractivity contribution < 1.29 is 9.90 Å². The summed E-state index contributed by atoms with van der Waals surface area (Å²) >= 11 is 3.21. The second kappa shape index (κ2) is 4.83. The van der Waals surface area contributed by atoms with E-state index < -0.39 is 0 Å². The van der Waals surface area contributed by atoms with Crippen LogP contribution in [0.4, 0.5) is 11.4 Å². The molecule has 3 N–H and O–H groups in total. The lowest BCUT2D eigenvalue weighted by molar-refractivity contribution is 0.0989. The van der Waals surface area contributed by atoms with E-state index in [-0.39, 0.29) is 11.7 Å². The van der Waals surface area contributed by atoms with Crippen molar-refractivity contribution in [2.24, 2.45) is 0 Å². The molecule has 1 aliphatic rings. The van der Waals surface area contributed by atoms with Gasteiger partial charge in [0.25, 0.3) is 5.91 Å². The summed E-state index contributed by atoms with van der Waals surface area (Å²) < 4.78 is 0.573. The van der Waals surface area contributed by atoms with Crippen LogP contribution >= 0.6 is 15.9 Å². The number of carbonyl (C=O) groups excluding carboxylic acids is 1. The highest BCUT2D eigenvalue weighted by Crippen LogP contribution is 2.32. The number of aromatic hydroxyl groups is 1. The summed E-state index contributed by atoms with van der Waals surface area (Å²) in [6.45, 7) is 0.633. The molecule has 20 heavy (non-hydrogen) atoms. The van der Waals surface area contributed by atoms with E-state index in [2.05, 4.69) is 15.9 Å². The molecular weight excluding hydrogens is 320 g/mol. The molecule has 0 spiro atoms. The van der Waals surface area contributed by atoms with Crippen molar-refractivity contribution in [2.45, 2.75) is 6.42 Å². The second-order valence-corrected chi connectivity index (χ2v) is 5.62. The van der Waals surface area contributed by atoms with Crippen LogP contribution in [0.3, 0.4) is 0 Å². The number of hydrogen-bond donors (Lipinski definition) is 2. The van der Waals surface area contributed by atoms with Crippen molar-refractivity contribution in [1.82, 2.24) is 0 Å². The number of hydrogen-bond acceptors (Lipinski definition) is 3. The van der Waals surface area contributed by atoms with Crippen LogP contribution in [-0.4, -0.2) is 17.6 Å². The average molecular weight is 333 g/mol. The first-order chi connectivity index (χ1) is 9.56. The molecule has 0 atom stereocenters. The van der Waals surface area contributed by atoms with Crippen LogP contribution in [0, 0.1) is 0 Å². The van der Waals surface area contributed by atoms with E-state index in [1.807, 2.05) is 12.1 Å². The van der Waals surface area contributed by atoms with E-state index in [1.165, 1.54) is 6.07 Å². The first-order valence-electron chi connectivity index (χ1n) is 6.25. The smallest absolute Gasteiger partial charge is 0.258 e. The monoisotopic (exact) mass is 332 g/mol. The van der Waals surface area contributed by atoms with Gasteiger partial charge in [-0.25, -0.2) is 0 Å². The van der Waals surface area contributed by atoms with Crippen molar-refractivity contribution in [1.29, 1.82) is 0 Å². The Balaban J connectivity index is 1.95. The van der Waals surface area contributed by atoms with E-state index in [0.717, 1.165) is 17.7 Å². The summed E-state index contributed by atoms with van der Waals surface area (Å²) in [4.78, 5) is 14.2. The fraction of sp³-hybridized carbons (Fsp3) is 0.133. The lowest BCUT2D eigenvalue weighted by Gasteiger charge is -2.17. The van der Waals surface area contributed by atoms with Gasteiger partial charge in [-0.15, -0.1) is 0 Å². The lowest BCUT2D eigenvalue weighted by Crippen LogP contribution is -2.28. The normalized spacial score (nSPS) is 13.3. The number of benzene rings is 2. The highest BCUT2D eigenvalue weighted by molar-refractivity contribution is 9.10. The summed E-state index contributed by atoms with van der Waals surface area (Å²) in [5.74, 6) is -0.0519. The van der Waals surface area contributed by atoms with Crippen LogP contribution in [-0.2, 0) is 6.42 Å². The number of amides is 1. The van der Waals surface area contributed by atoms with Gasteiger partial charge in [0.05, 0.1) is 4.47 Å². The van der Waals surface area contributed by atoms with Gasteiger partial charge in [-0.05, 0) is 64.3 Å². The van der Waals surface area contributed by atoms with E-state index >= 15 is 0 Å². The minimum Gasteiger partial charge on any atom is -0.507 e. The SMILES string of the molecule is Nc1ccc2c(c1)CCN2C(=O)c1ccc(Br)c(O)c1. The fourth-order valence-electron chi connectivity index (χ4n) is 2.43. The molecule has 1 heterocycles. The molecule has 2 aromatic carbocycles. The molecule has 0 aromatic heterocycles. The van der Waals surface area contributed by atoms with Crippen LogP contribution in [0.5, 0.6) is 5.75 Å². The fourth-order valence-corrected chi connectivity index (χ4v) is 2.68. The summed E-state index contributed by atoms with van der Waals surface area (Å²) in [6, 6.07) is 10.4. The predicted octanol–water partition coefficient (Wildman–Crippen LogP) is 2.94. The van der Waals surface area contributed by atoms with Crippen molar-refractivity contribution in [2.75, 3.05) is 17.2 Å². The molecule has 2 aromatic rings. The molecule has 0 unspecified atom stereocenters. The Hall–Kier alpha value is -2.01. The predicted molar refractivity (Wildman–Crippen MR) is 82.0 cm³/mol. The van der Waals surface area contributed by atoms with E-state index in [9.17, 15) is 9.90 Å². The third kappa shape index (κ3) is 2.14. The number of phenolic OH excluding ortho intramolecular Hbond substituents is 1. The zero-order valence-corrected chi connectivity index (χ0v) is 12.2. The standard InChI is InChI=1S/C15H13BrN2O2/c16-12-3-1-10(8-14(12)19)15(20)18-6-5-9-7-11(17)2-4-13(9)18/h1-4,7-8,19H,5-6,17H2. The lowest BCUT2D eigenvalue weighted by atomic mass is 10.1. The number of carbonyl (C=O) groups is 1. The molecule has 0 bridgehead atoms. The van der Waals surface area contributed by atoms with Crippen LogP contribution in [0.2, 0.25) is 0 Å². The van der Waals surface area contributed by atoms with E-state index in [4.69, 9.17) is 5.73 Å². The van der Waals surface area contributed by atoms with Crippen LogP contribution in [0.15, 0.2) is 40.9 Å². The van der Waals surface area contributed by atoms with Crippen molar-refractivity contribution in [3.05, 3.63) is 52.0 Å². The Morgan fingerprint density at radius 3 is 2.80 bits per heavy atom. The van der Waals surface area contributed by atoms with Crippen LogP contribution < -0.4 is 10.6 Å². The molecule has 0 fully saturated rings. The molecule has 0 saturated carbocycles. The summed E-state index contributed by atoms with van der Waals surface area (Å²) in [7, 11) is 0. The molecule has 3 rings (SSSR count). The van der Waals surface area contributed by atoms with E-state index in [1.54, 1.807) is 23.1 Å². The Morgan fingerprint density at radius 1 is 1.25 bits per heavy atom. The van der Waals surface area contributed by atoms with Gasteiger partial charge < -0.3 is 15.7 Å². The number of halogens is 1. The van der Waals surface area contributed by atoms with Gasteiger partial charge in [0.15, 0.2) is 0 Å². The minimum absolute atomic E-state index is 0.0626. The Bertz CT molecular complexity index is 700. The maximum atomic E-state index is 12.5. The summed E-state index contributed by atoms with van der Waals surface area (Å²) in [6.07, 6.45) is 0.800. The van der Waals surface area contributed by atoms with Gasteiger partial charge >= 0.3 is 0 Å². The maximum Gasteiger partial charge on any atom is 0.258 e. The molecule has 0 radical (unpaired) electrons. The zero-order chi connectivity index (χ0) is 14.3. The van der Waals surface area contributed by atoms with E-state index in [0.29, 0.717) is 22.3 Å². The quantitative estimate of drug-likeness (QED) is 0.789. The Labute approximate surface area is 125 Å². The molecule has 102 valence electrons. The van der Waals surface area contributed by atoms with Crippen molar-refractivity contribution >= 4 is 33.2 Å². The molecule has 5 heteroatoms. The number of nitrogens with zero attached hydrogens (tertiary/aromatic N) is 1. The van der Waals surface area contributed by atoms with Gasteiger partial charge in [-0.3, -0.25) is 4.79 Å². The number of rotatable bonds is 1. The maximum absolute atomic E-state index is 12.5. The average Bonchev–Trinajstić information content (AvgIpc) is 2.84. The Kier molecular flexibility index (Phi) is 3.14. The van der Waals surface area contributed by atoms with Gasteiger partial charge in [0.1, 0.15) is 5.75 Å².